The number of nitrogens with zero attached hydrogens (tertiary/aromatic N) is 4. The quantitative estimate of drug-likeness (QED) is 0.925. The molecule has 0 bridgehead atoms. The lowest BCUT2D eigenvalue weighted by molar-refractivity contribution is -0.137. The number of aromatic nitrogens is 4. The van der Waals surface area contributed by atoms with Crippen LogP contribution in [-0.4, -0.2) is 27.3 Å². The van der Waals surface area contributed by atoms with Gasteiger partial charge in [-0.1, -0.05) is 15.9 Å². The molecule has 1 aromatic heterocycles. The fourth-order valence-electron chi connectivity index (χ4n) is 1.68. The van der Waals surface area contributed by atoms with Gasteiger partial charge < -0.3 is 5.32 Å². The van der Waals surface area contributed by atoms with Crippen LogP contribution < -0.4 is 5.32 Å². The summed E-state index contributed by atoms with van der Waals surface area (Å²) in [5, 5.41) is 13.8. The van der Waals surface area contributed by atoms with Crippen molar-refractivity contribution in [1.82, 2.24) is 25.5 Å². The third kappa shape index (κ3) is 2.83. The summed E-state index contributed by atoms with van der Waals surface area (Å²) in [4.78, 5) is 0. The van der Waals surface area contributed by atoms with Crippen LogP contribution >= 0.6 is 15.9 Å². The maximum atomic E-state index is 13.1. The number of hydrogen-bond donors (Lipinski definition) is 1. The van der Waals surface area contributed by atoms with Crippen LogP contribution in [0.5, 0.6) is 0 Å². The Balaban J connectivity index is 2.62. The van der Waals surface area contributed by atoms with Crippen LogP contribution in [0.1, 0.15) is 24.4 Å². The van der Waals surface area contributed by atoms with E-state index in [1.165, 1.54) is 12.1 Å². The van der Waals surface area contributed by atoms with Gasteiger partial charge in [-0.05, 0) is 42.6 Å². The average molecular weight is 350 g/mol. The van der Waals surface area contributed by atoms with E-state index in [9.17, 15) is 13.2 Å². The highest BCUT2D eigenvalue weighted by atomic mass is 79.9. The van der Waals surface area contributed by atoms with Crippen LogP contribution in [0.15, 0.2) is 22.7 Å². The summed E-state index contributed by atoms with van der Waals surface area (Å²) in [6.07, 6.45) is -4.49. The number of halogens is 4. The summed E-state index contributed by atoms with van der Waals surface area (Å²) in [5.74, 6) is 0.306. The summed E-state index contributed by atoms with van der Waals surface area (Å²) < 4.78 is 40.8. The molecular weight excluding hydrogens is 339 g/mol. The Morgan fingerprint density at radius 3 is 2.65 bits per heavy atom. The van der Waals surface area contributed by atoms with Crippen molar-refractivity contribution in [3.63, 3.8) is 0 Å². The van der Waals surface area contributed by atoms with Gasteiger partial charge in [0.1, 0.15) is 0 Å². The van der Waals surface area contributed by atoms with Gasteiger partial charge in [-0.2, -0.15) is 17.9 Å². The molecule has 9 heteroatoms. The molecule has 1 atom stereocenters. The number of nitrogens with one attached hydrogen (secondary N) is 1. The predicted octanol–water partition coefficient (Wildman–Crippen LogP) is 2.72. The molecule has 1 aromatic carbocycles. The minimum absolute atomic E-state index is 0.109. The first kappa shape index (κ1) is 14.9. The Hall–Kier alpha value is -1.48. The Bertz CT molecular complexity index is 610. The Labute approximate surface area is 121 Å². The van der Waals surface area contributed by atoms with Crippen molar-refractivity contribution >= 4 is 15.9 Å². The van der Waals surface area contributed by atoms with Crippen molar-refractivity contribution in [3.8, 4) is 5.69 Å². The molecule has 0 aliphatic rings. The maximum Gasteiger partial charge on any atom is 0.418 e. The fourth-order valence-corrected chi connectivity index (χ4v) is 2.05. The Morgan fingerprint density at radius 2 is 2.05 bits per heavy atom. The van der Waals surface area contributed by atoms with E-state index in [1.807, 2.05) is 0 Å². The van der Waals surface area contributed by atoms with Gasteiger partial charge in [0.2, 0.25) is 0 Å². The fraction of sp³-hybridized carbons (Fsp3) is 0.364. The summed E-state index contributed by atoms with van der Waals surface area (Å²) in [7, 11) is 1.68. The molecule has 1 unspecified atom stereocenters. The third-order valence-corrected chi connectivity index (χ3v) is 3.30. The SMILES string of the molecule is CNC(C)c1nnnn1-c1ccc(Br)cc1C(F)(F)F. The Kier molecular flexibility index (Phi) is 4.09. The highest BCUT2D eigenvalue weighted by Crippen LogP contribution is 2.35. The first-order valence-electron chi connectivity index (χ1n) is 5.67. The molecule has 20 heavy (non-hydrogen) atoms. The average Bonchev–Trinajstić information content (AvgIpc) is 2.85. The molecule has 2 aromatic rings. The molecule has 0 fully saturated rings. The number of rotatable bonds is 3. The first-order chi connectivity index (χ1) is 9.34. The molecule has 0 spiro atoms. The highest BCUT2D eigenvalue weighted by molar-refractivity contribution is 9.10. The molecule has 2 rings (SSSR count). The lowest BCUT2D eigenvalue weighted by Crippen LogP contribution is -2.20. The zero-order chi connectivity index (χ0) is 14.9. The van der Waals surface area contributed by atoms with E-state index in [0.717, 1.165) is 10.7 Å². The summed E-state index contributed by atoms with van der Waals surface area (Å²) >= 11 is 3.04. The number of alkyl halides is 3. The number of hydrogen-bond acceptors (Lipinski definition) is 4. The topological polar surface area (TPSA) is 55.6 Å². The van der Waals surface area contributed by atoms with Crippen LogP contribution in [0.4, 0.5) is 13.2 Å². The van der Waals surface area contributed by atoms with E-state index in [2.05, 4.69) is 36.8 Å². The molecule has 0 aliphatic heterocycles. The van der Waals surface area contributed by atoms with Gasteiger partial charge in [0.15, 0.2) is 5.82 Å². The Morgan fingerprint density at radius 1 is 1.35 bits per heavy atom. The molecule has 0 saturated heterocycles. The summed E-state index contributed by atoms with van der Waals surface area (Å²) in [5.41, 5.74) is -0.911. The van der Waals surface area contributed by atoms with Crippen LogP contribution in [0, 0.1) is 0 Å². The van der Waals surface area contributed by atoms with Crippen molar-refractivity contribution in [3.05, 3.63) is 34.1 Å². The monoisotopic (exact) mass is 349 g/mol. The van der Waals surface area contributed by atoms with E-state index in [-0.39, 0.29) is 11.7 Å². The molecule has 108 valence electrons. The van der Waals surface area contributed by atoms with E-state index in [0.29, 0.717) is 10.3 Å². The standard InChI is InChI=1S/C11H11BrF3N5/c1-6(16-2)10-17-18-19-20(10)9-4-3-7(12)5-8(9)11(13,14)15/h3-6,16H,1-2H3. The van der Waals surface area contributed by atoms with E-state index >= 15 is 0 Å². The zero-order valence-corrected chi connectivity index (χ0v) is 12.2. The molecular formula is C11H11BrF3N5. The minimum Gasteiger partial charge on any atom is -0.311 e. The highest BCUT2D eigenvalue weighted by Gasteiger charge is 2.35. The molecule has 0 aliphatic carbocycles. The molecule has 1 N–H and O–H groups in total. The van der Waals surface area contributed by atoms with E-state index < -0.39 is 11.7 Å². The van der Waals surface area contributed by atoms with Crippen molar-refractivity contribution < 1.29 is 13.2 Å². The summed E-state index contributed by atoms with van der Waals surface area (Å²) in [6, 6.07) is 3.56. The van der Waals surface area contributed by atoms with Crippen LogP contribution in [0.3, 0.4) is 0 Å². The summed E-state index contributed by atoms with van der Waals surface area (Å²) in [6.45, 7) is 1.76. The minimum atomic E-state index is -4.49. The van der Waals surface area contributed by atoms with Gasteiger partial charge >= 0.3 is 6.18 Å². The van der Waals surface area contributed by atoms with Crippen LogP contribution in [0.25, 0.3) is 5.69 Å². The van der Waals surface area contributed by atoms with Crippen molar-refractivity contribution in [2.24, 2.45) is 0 Å². The van der Waals surface area contributed by atoms with E-state index in [4.69, 9.17) is 0 Å². The van der Waals surface area contributed by atoms with Gasteiger partial charge in [-0.15, -0.1) is 5.10 Å². The second kappa shape index (κ2) is 5.49. The van der Waals surface area contributed by atoms with Gasteiger partial charge in [0.25, 0.3) is 0 Å². The van der Waals surface area contributed by atoms with Crippen LogP contribution in [0.2, 0.25) is 0 Å². The normalized spacial score (nSPS) is 13.5. The first-order valence-corrected chi connectivity index (χ1v) is 6.46. The number of tetrazole rings is 1. The lowest BCUT2D eigenvalue weighted by atomic mass is 10.1. The molecule has 0 amide bonds. The van der Waals surface area contributed by atoms with Gasteiger partial charge in [-0.25, -0.2) is 0 Å². The molecule has 5 nitrogen and oxygen atoms in total. The van der Waals surface area contributed by atoms with Gasteiger partial charge in [0, 0.05) is 4.47 Å². The maximum absolute atomic E-state index is 13.1. The van der Waals surface area contributed by atoms with E-state index in [1.54, 1.807) is 14.0 Å². The third-order valence-electron chi connectivity index (χ3n) is 2.81. The largest absolute Gasteiger partial charge is 0.418 e. The molecule has 0 saturated carbocycles. The van der Waals surface area contributed by atoms with Crippen molar-refractivity contribution in [2.45, 2.75) is 19.1 Å². The van der Waals surface area contributed by atoms with Gasteiger partial charge in [-0.3, -0.25) is 0 Å². The second-order valence-electron chi connectivity index (χ2n) is 4.12. The lowest BCUT2D eigenvalue weighted by Gasteiger charge is -2.15. The smallest absolute Gasteiger partial charge is 0.311 e. The van der Waals surface area contributed by atoms with Crippen molar-refractivity contribution in [1.29, 1.82) is 0 Å². The zero-order valence-electron chi connectivity index (χ0n) is 10.6. The molecule has 0 radical (unpaired) electrons. The molecule has 1 heterocycles. The van der Waals surface area contributed by atoms with Gasteiger partial charge in [0.05, 0.1) is 17.3 Å². The van der Waals surface area contributed by atoms with Crippen LogP contribution in [-0.2, 0) is 6.18 Å². The number of benzene rings is 1. The predicted molar refractivity (Wildman–Crippen MR) is 69.3 cm³/mol. The second-order valence-corrected chi connectivity index (χ2v) is 5.03. The van der Waals surface area contributed by atoms with Crippen molar-refractivity contribution in [2.75, 3.05) is 7.05 Å².